The first-order chi connectivity index (χ1) is 25.6. The van der Waals surface area contributed by atoms with Crippen LogP contribution in [0.2, 0.25) is 5.02 Å². The van der Waals surface area contributed by atoms with Crippen LogP contribution in [0.25, 0.3) is 22.5 Å². The average Bonchev–Trinajstić information content (AvgIpc) is 3.59. The molecule has 0 bridgehead atoms. The number of nitrogens with zero attached hydrogens (tertiary/aromatic N) is 4. The predicted octanol–water partition coefficient (Wildman–Crippen LogP) is 4.91. The molecule has 0 spiro atoms. The summed E-state index contributed by atoms with van der Waals surface area (Å²) in [6.45, 7) is 6.71. The Labute approximate surface area is 314 Å². The fourth-order valence-electron chi connectivity index (χ4n) is 6.75. The molecule has 0 unspecified atom stereocenters. The molecule has 4 aromatic rings. The molecule has 2 fully saturated rings. The number of carbonyl (C=O) groups excluding carboxylic acids is 3. The SMILES string of the molecule is COc1cc(C(=O)Nc2cccc(-c3nccc(-c4ccc(CNC5CCN(C(C)=O)CC5)c(OC)n4)c3Cl)c2C)ncc1CNC[C@@H]1CCC(=O)N1. The number of carbonyl (C=O) groups is 3. The Morgan fingerprint density at radius 3 is 2.53 bits per heavy atom. The number of aromatic nitrogens is 3. The Balaban J connectivity index is 1.14. The van der Waals surface area contributed by atoms with Crippen LogP contribution in [-0.2, 0) is 22.7 Å². The molecule has 5 heterocycles. The first-order valence-corrected chi connectivity index (χ1v) is 18.1. The lowest BCUT2D eigenvalue weighted by Crippen LogP contribution is -2.44. The van der Waals surface area contributed by atoms with Crippen LogP contribution >= 0.6 is 11.6 Å². The van der Waals surface area contributed by atoms with Crippen molar-refractivity contribution in [1.82, 2.24) is 35.8 Å². The highest BCUT2D eigenvalue weighted by atomic mass is 35.5. The maximum absolute atomic E-state index is 13.4. The number of piperidine rings is 1. The van der Waals surface area contributed by atoms with Crippen molar-refractivity contribution in [2.24, 2.45) is 0 Å². The lowest BCUT2D eigenvalue weighted by Gasteiger charge is -2.31. The van der Waals surface area contributed by atoms with Crippen LogP contribution in [0.5, 0.6) is 11.6 Å². The summed E-state index contributed by atoms with van der Waals surface area (Å²) in [6.07, 6.45) is 6.46. The molecule has 0 radical (unpaired) electrons. The van der Waals surface area contributed by atoms with E-state index in [1.807, 2.05) is 48.2 Å². The Morgan fingerprint density at radius 1 is 1.00 bits per heavy atom. The van der Waals surface area contributed by atoms with Gasteiger partial charge in [0.1, 0.15) is 11.4 Å². The first-order valence-electron chi connectivity index (χ1n) is 17.8. The highest BCUT2D eigenvalue weighted by Gasteiger charge is 2.23. The second-order valence-electron chi connectivity index (χ2n) is 13.3. The van der Waals surface area contributed by atoms with Crippen molar-refractivity contribution < 1.29 is 23.9 Å². The third-order valence-electron chi connectivity index (χ3n) is 9.84. The van der Waals surface area contributed by atoms with Crippen LogP contribution in [0, 0.1) is 6.92 Å². The van der Waals surface area contributed by atoms with Crippen molar-refractivity contribution in [3.05, 3.63) is 82.3 Å². The van der Waals surface area contributed by atoms with Crippen molar-refractivity contribution >= 4 is 35.0 Å². The zero-order valence-corrected chi connectivity index (χ0v) is 31.2. The zero-order valence-electron chi connectivity index (χ0n) is 30.4. The summed E-state index contributed by atoms with van der Waals surface area (Å²) in [5.74, 6) is 0.835. The Kier molecular flexibility index (Phi) is 12.2. The van der Waals surface area contributed by atoms with Gasteiger partial charge in [-0.15, -0.1) is 0 Å². The molecule has 1 atom stereocenters. The number of hydrogen-bond donors (Lipinski definition) is 4. The van der Waals surface area contributed by atoms with Crippen LogP contribution in [0.1, 0.15) is 59.8 Å². The minimum Gasteiger partial charge on any atom is -0.496 e. The lowest BCUT2D eigenvalue weighted by molar-refractivity contribution is -0.130. The van der Waals surface area contributed by atoms with E-state index in [1.165, 1.54) is 0 Å². The largest absolute Gasteiger partial charge is 0.496 e. The van der Waals surface area contributed by atoms with Crippen molar-refractivity contribution in [3.63, 3.8) is 0 Å². The topological polar surface area (TPSA) is 160 Å². The van der Waals surface area contributed by atoms with Crippen LogP contribution in [0.4, 0.5) is 5.69 Å². The van der Waals surface area contributed by atoms with Gasteiger partial charge in [0.2, 0.25) is 17.7 Å². The number of methoxy groups -OCH3 is 2. The molecule has 4 N–H and O–H groups in total. The maximum atomic E-state index is 13.4. The summed E-state index contributed by atoms with van der Waals surface area (Å²) in [6, 6.07) is 13.3. The smallest absolute Gasteiger partial charge is 0.274 e. The first kappa shape index (κ1) is 37.6. The van der Waals surface area contributed by atoms with E-state index in [1.54, 1.807) is 39.6 Å². The fourth-order valence-corrected chi connectivity index (χ4v) is 7.06. The van der Waals surface area contributed by atoms with Gasteiger partial charge in [0.05, 0.1) is 30.6 Å². The molecule has 2 aliphatic heterocycles. The van der Waals surface area contributed by atoms with Gasteiger partial charge in [-0.25, -0.2) is 4.98 Å². The molecule has 13 nitrogen and oxygen atoms in total. The molecular weight excluding hydrogens is 696 g/mol. The van der Waals surface area contributed by atoms with E-state index in [-0.39, 0.29) is 23.6 Å². The second-order valence-corrected chi connectivity index (χ2v) is 13.7. The van der Waals surface area contributed by atoms with Gasteiger partial charge in [-0.05, 0) is 49.9 Å². The molecule has 2 saturated heterocycles. The molecule has 53 heavy (non-hydrogen) atoms. The number of rotatable bonds is 13. The predicted molar refractivity (Wildman–Crippen MR) is 203 cm³/mol. The van der Waals surface area contributed by atoms with E-state index in [0.717, 1.165) is 54.6 Å². The molecule has 0 saturated carbocycles. The third kappa shape index (κ3) is 8.93. The van der Waals surface area contributed by atoms with Crippen molar-refractivity contribution in [2.45, 2.75) is 64.7 Å². The Bertz CT molecular complexity index is 1980. The van der Waals surface area contributed by atoms with E-state index in [2.05, 4.69) is 31.2 Å². The van der Waals surface area contributed by atoms with Crippen LogP contribution in [0.3, 0.4) is 0 Å². The number of anilines is 1. The number of halogens is 1. The minimum absolute atomic E-state index is 0.0736. The average molecular weight is 741 g/mol. The highest BCUT2D eigenvalue weighted by Crippen LogP contribution is 2.38. The van der Waals surface area contributed by atoms with Gasteiger partial charge in [0.15, 0.2) is 0 Å². The van der Waals surface area contributed by atoms with Gasteiger partial charge in [-0.1, -0.05) is 29.8 Å². The normalized spacial score (nSPS) is 16.0. The van der Waals surface area contributed by atoms with E-state index in [9.17, 15) is 14.4 Å². The molecule has 3 aromatic heterocycles. The minimum atomic E-state index is -0.392. The van der Waals surface area contributed by atoms with Gasteiger partial charge in [-0.3, -0.25) is 24.4 Å². The Hall–Kier alpha value is -5.11. The number of ether oxygens (including phenoxy) is 2. The summed E-state index contributed by atoms with van der Waals surface area (Å²) in [7, 11) is 3.15. The maximum Gasteiger partial charge on any atom is 0.274 e. The second kappa shape index (κ2) is 17.1. The standard InChI is InChI=1S/C39H45ClN8O5/c1-23-29(6-5-7-31(23)46-38(51)33-18-34(52-3)26(21-44-33)19-41-22-28-9-11-35(50)45-28)37-36(40)30(12-15-42-37)32-10-8-25(39(47-32)53-4)20-43-27-13-16-48(17-14-27)24(2)49/h5-8,10,12,15,18,21,27-28,41,43H,9,11,13-14,16-17,19-20,22H2,1-4H3,(H,45,50)(H,46,51)/t28-/m0/s1. The van der Waals surface area contributed by atoms with Gasteiger partial charge >= 0.3 is 0 Å². The molecule has 2 aliphatic rings. The van der Waals surface area contributed by atoms with Crippen molar-refractivity contribution in [3.8, 4) is 34.1 Å². The monoisotopic (exact) mass is 740 g/mol. The number of hydrogen-bond acceptors (Lipinski definition) is 10. The van der Waals surface area contributed by atoms with Crippen LogP contribution in [-0.4, -0.2) is 83.5 Å². The molecule has 0 aliphatic carbocycles. The third-order valence-corrected chi connectivity index (χ3v) is 10.2. The molecule has 278 valence electrons. The van der Waals surface area contributed by atoms with E-state index < -0.39 is 5.91 Å². The van der Waals surface area contributed by atoms with E-state index in [4.69, 9.17) is 26.1 Å². The van der Waals surface area contributed by atoms with E-state index in [0.29, 0.717) is 71.4 Å². The number of amides is 3. The Morgan fingerprint density at radius 2 is 1.81 bits per heavy atom. The van der Waals surface area contributed by atoms with Crippen LogP contribution < -0.4 is 30.7 Å². The zero-order chi connectivity index (χ0) is 37.5. The lowest BCUT2D eigenvalue weighted by atomic mass is 10.0. The van der Waals surface area contributed by atoms with Gasteiger partial charge < -0.3 is 35.6 Å². The summed E-state index contributed by atoms with van der Waals surface area (Å²) < 4.78 is 11.3. The summed E-state index contributed by atoms with van der Waals surface area (Å²) in [4.78, 5) is 52.3. The molecule has 6 rings (SSSR count). The number of likely N-dealkylation sites (tertiary alicyclic amines) is 1. The molecule has 3 amide bonds. The number of nitrogens with one attached hydrogen (secondary N) is 4. The van der Waals surface area contributed by atoms with Gasteiger partial charge in [0, 0.05) is 105 Å². The number of benzene rings is 1. The quantitative estimate of drug-likeness (QED) is 0.148. The van der Waals surface area contributed by atoms with Gasteiger partial charge in [-0.2, -0.15) is 0 Å². The fraction of sp³-hybridized carbons (Fsp3) is 0.385. The van der Waals surface area contributed by atoms with E-state index >= 15 is 0 Å². The summed E-state index contributed by atoms with van der Waals surface area (Å²) in [5.41, 5.74) is 5.92. The highest BCUT2D eigenvalue weighted by molar-refractivity contribution is 6.35. The van der Waals surface area contributed by atoms with Crippen molar-refractivity contribution in [2.75, 3.05) is 39.2 Å². The van der Waals surface area contributed by atoms with Crippen LogP contribution in [0.15, 0.2) is 54.9 Å². The number of pyridine rings is 3. The van der Waals surface area contributed by atoms with Crippen molar-refractivity contribution in [1.29, 1.82) is 0 Å². The summed E-state index contributed by atoms with van der Waals surface area (Å²) >= 11 is 7.04. The molecule has 14 heteroatoms. The van der Waals surface area contributed by atoms with Gasteiger partial charge in [0.25, 0.3) is 5.91 Å². The summed E-state index contributed by atoms with van der Waals surface area (Å²) in [5, 5.41) is 13.3. The molecule has 1 aromatic carbocycles. The molecular formula is C39H45ClN8O5.